The molecule has 6 nitrogen and oxygen atoms in total. The molecule has 2 N–H and O–H groups in total. The van der Waals surface area contributed by atoms with Crippen molar-refractivity contribution in [2.45, 2.75) is 0 Å². The van der Waals surface area contributed by atoms with Gasteiger partial charge in [-0.15, -0.1) is 10.2 Å². The number of aromatic nitrogens is 2. The monoisotopic (exact) mass is 351 g/mol. The van der Waals surface area contributed by atoms with Gasteiger partial charge in [-0.1, -0.05) is 60.1 Å². The van der Waals surface area contributed by atoms with Crippen LogP contribution in [0.2, 0.25) is 5.15 Å². The van der Waals surface area contributed by atoms with Gasteiger partial charge in [0.05, 0.1) is 11.9 Å². The van der Waals surface area contributed by atoms with E-state index in [1.165, 1.54) is 6.07 Å². The van der Waals surface area contributed by atoms with Crippen LogP contribution in [0.5, 0.6) is 0 Å². The van der Waals surface area contributed by atoms with Crippen molar-refractivity contribution in [1.82, 2.24) is 10.2 Å². The first kappa shape index (κ1) is 16.6. The summed E-state index contributed by atoms with van der Waals surface area (Å²) in [5, 5.41) is 14.7. The second-order valence-corrected chi connectivity index (χ2v) is 5.42. The zero-order valence-electron chi connectivity index (χ0n) is 13.1. The third-order valence-electron chi connectivity index (χ3n) is 3.23. The lowest BCUT2D eigenvalue weighted by Crippen LogP contribution is -2.14. The Morgan fingerprint density at radius 2 is 1.68 bits per heavy atom. The van der Waals surface area contributed by atoms with Gasteiger partial charge in [0.25, 0.3) is 5.91 Å². The van der Waals surface area contributed by atoms with Crippen LogP contribution in [0.25, 0.3) is 0 Å². The second kappa shape index (κ2) is 8.03. The summed E-state index contributed by atoms with van der Waals surface area (Å²) in [6, 6.07) is 19.9. The van der Waals surface area contributed by atoms with Crippen LogP contribution in [0.4, 0.5) is 11.5 Å². The third kappa shape index (κ3) is 4.62. The summed E-state index contributed by atoms with van der Waals surface area (Å²) in [7, 11) is 0. The number of anilines is 2. The van der Waals surface area contributed by atoms with E-state index in [-0.39, 0.29) is 11.1 Å². The smallest absolute Gasteiger partial charge is 0.255 e. The Balaban J connectivity index is 1.76. The van der Waals surface area contributed by atoms with Crippen molar-refractivity contribution >= 4 is 35.2 Å². The average Bonchev–Trinajstić information content (AvgIpc) is 2.65. The van der Waals surface area contributed by atoms with E-state index < -0.39 is 0 Å². The molecule has 0 radical (unpaired) electrons. The van der Waals surface area contributed by atoms with Crippen molar-refractivity contribution in [2.75, 3.05) is 10.7 Å². The number of benzene rings is 2. The highest BCUT2D eigenvalue weighted by atomic mass is 35.5. The van der Waals surface area contributed by atoms with Gasteiger partial charge in [0.2, 0.25) is 0 Å². The maximum atomic E-state index is 12.3. The van der Waals surface area contributed by atoms with Gasteiger partial charge < -0.3 is 5.32 Å². The Bertz CT molecular complexity index is 884. The predicted octanol–water partition coefficient (Wildman–Crippen LogP) is 3.83. The molecule has 1 heterocycles. The predicted molar refractivity (Wildman–Crippen MR) is 99.1 cm³/mol. The molecule has 0 saturated carbocycles. The van der Waals surface area contributed by atoms with E-state index >= 15 is 0 Å². The molecule has 1 amide bonds. The summed E-state index contributed by atoms with van der Waals surface area (Å²) in [6.07, 6.45) is 1.64. The highest BCUT2D eigenvalue weighted by Gasteiger charge is 2.11. The van der Waals surface area contributed by atoms with Crippen LogP contribution in [0, 0.1) is 0 Å². The minimum absolute atomic E-state index is 0.168. The lowest BCUT2D eigenvalue weighted by Gasteiger charge is -2.09. The molecule has 124 valence electrons. The van der Waals surface area contributed by atoms with E-state index in [0.29, 0.717) is 17.1 Å². The summed E-state index contributed by atoms with van der Waals surface area (Å²) in [5.74, 6) is 0.0145. The largest absolute Gasteiger partial charge is 0.319 e. The molecule has 25 heavy (non-hydrogen) atoms. The molecule has 3 rings (SSSR count). The molecule has 1 aromatic heterocycles. The molecule has 2 aromatic carbocycles. The van der Waals surface area contributed by atoms with Gasteiger partial charge in [-0.05, 0) is 17.7 Å². The Labute approximate surface area is 149 Å². The van der Waals surface area contributed by atoms with E-state index in [9.17, 15) is 4.79 Å². The van der Waals surface area contributed by atoms with Crippen molar-refractivity contribution in [3.8, 4) is 0 Å². The number of hydrogen-bond acceptors (Lipinski definition) is 5. The first-order chi connectivity index (χ1) is 12.2. The van der Waals surface area contributed by atoms with Crippen LogP contribution < -0.4 is 10.7 Å². The van der Waals surface area contributed by atoms with E-state index in [0.717, 1.165) is 5.56 Å². The molecular weight excluding hydrogens is 338 g/mol. The molecule has 0 unspecified atom stereocenters. The Kier molecular flexibility index (Phi) is 5.33. The average molecular weight is 352 g/mol. The number of hydrogen-bond donors (Lipinski definition) is 2. The standard InChI is InChI=1S/C18H14ClN5O/c19-16-11-15(21-18(25)14-9-5-2-6-10-14)17(24-22-16)23-20-12-13-7-3-1-4-8-13/h1-12H,(H,23,24)(H,21,22,25)/b20-12-. The zero-order chi connectivity index (χ0) is 17.5. The number of nitrogens with one attached hydrogen (secondary N) is 2. The van der Waals surface area contributed by atoms with Gasteiger partial charge in [0.15, 0.2) is 11.0 Å². The fourth-order valence-electron chi connectivity index (χ4n) is 2.04. The van der Waals surface area contributed by atoms with Gasteiger partial charge in [0.1, 0.15) is 0 Å². The molecule has 0 spiro atoms. The minimum atomic E-state index is -0.278. The Morgan fingerprint density at radius 1 is 1.00 bits per heavy atom. The molecule has 0 bridgehead atoms. The minimum Gasteiger partial charge on any atom is -0.319 e. The van der Waals surface area contributed by atoms with Crippen LogP contribution in [0.15, 0.2) is 71.8 Å². The van der Waals surface area contributed by atoms with Crippen LogP contribution in [0.1, 0.15) is 15.9 Å². The molecule has 0 aliphatic rings. The summed E-state index contributed by atoms with van der Waals surface area (Å²) in [6.45, 7) is 0. The summed E-state index contributed by atoms with van der Waals surface area (Å²) >= 11 is 5.89. The van der Waals surface area contributed by atoms with E-state index in [1.54, 1.807) is 30.5 Å². The van der Waals surface area contributed by atoms with Crippen molar-refractivity contribution in [1.29, 1.82) is 0 Å². The fourth-order valence-corrected chi connectivity index (χ4v) is 2.18. The van der Waals surface area contributed by atoms with Gasteiger partial charge in [-0.3, -0.25) is 10.2 Å². The number of carbonyl (C=O) groups is 1. The quantitative estimate of drug-likeness (QED) is 0.541. The molecular formula is C18H14ClN5O. The molecule has 0 atom stereocenters. The molecule has 0 aliphatic heterocycles. The maximum absolute atomic E-state index is 12.3. The van der Waals surface area contributed by atoms with Crippen molar-refractivity contribution in [3.63, 3.8) is 0 Å². The van der Waals surface area contributed by atoms with Gasteiger partial charge in [-0.2, -0.15) is 5.10 Å². The number of hydrazone groups is 1. The molecule has 0 fully saturated rings. The normalized spacial score (nSPS) is 10.6. The fraction of sp³-hybridized carbons (Fsp3) is 0. The third-order valence-corrected chi connectivity index (χ3v) is 3.42. The lowest BCUT2D eigenvalue weighted by atomic mass is 10.2. The van der Waals surface area contributed by atoms with Gasteiger partial charge >= 0.3 is 0 Å². The molecule has 0 aliphatic carbocycles. The first-order valence-corrected chi connectivity index (χ1v) is 7.84. The molecule has 3 aromatic rings. The topological polar surface area (TPSA) is 79.3 Å². The van der Waals surface area contributed by atoms with Crippen LogP contribution in [0.3, 0.4) is 0 Å². The van der Waals surface area contributed by atoms with E-state index in [2.05, 4.69) is 26.0 Å². The summed E-state index contributed by atoms with van der Waals surface area (Å²) < 4.78 is 0. The van der Waals surface area contributed by atoms with Gasteiger partial charge in [0, 0.05) is 11.6 Å². The zero-order valence-corrected chi connectivity index (χ0v) is 13.8. The number of carbonyl (C=O) groups excluding carboxylic acids is 1. The lowest BCUT2D eigenvalue weighted by molar-refractivity contribution is 0.102. The highest BCUT2D eigenvalue weighted by molar-refractivity contribution is 6.29. The molecule has 7 heteroatoms. The maximum Gasteiger partial charge on any atom is 0.255 e. The van der Waals surface area contributed by atoms with Crippen LogP contribution in [-0.4, -0.2) is 22.3 Å². The Hall–Kier alpha value is -3.25. The first-order valence-electron chi connectivity index (χ1n) is 7.46. The van der Waals surface area contributed by atoms with Crippen LogP contribution >= 0.6 is 11.6 Å². The van der Waals surface area contributed by atoms with Crippen molar-refractivity contribution in [3.05, 3.63) is 83.0 Å². The second-order valence-electron chi connectivity index (χ2n) is 5.03. The van der Waals surface area contributed by atoms with E-state index in [1.807, 2.05) is 36.4 Å². The SMILES string of the molecule is O=C(Nc1cc(Cl)nnc1N/N=C\c1ccccc1)c1ccccc1. The number of rotatable bonds is 5. The van der Waals surface area contributed by atoms with Gasteiger partial charge in [-0.25, -0.2) is 0 Å². The number of amides is 1. The van der Waals surface area contributed by atoms with Crippen molar-refractivity contribution < 1.29 is 4.79 Å². The van der Waals surface area contributed by atoms with Crippen molar-refractivity contribution in [2.24, 2.45) is 5.10 Å². The number of halogens is 1. The Morgan fingerprint density at radius 3 is 2.40 bits per heavy atom. The number of nitrogens with zero attached hydrogens (tertiary/aromatic N) is 3. The van der Waals surface area contributed by atoms with Crippen LogP contribution in [-0.2, 0) is 0 Å². The van der Waals surface area contributed by atoms with E-state index in [4.69, 9.17) is 11.6 Å². The summed E-state index contributed by atoms with van der Waals surface area (Å²) in [5.41, 5.74) is 4.60. The summed E-state index contributed by atoms with van der Waals surface area (Å²) in [4.78, 5) is 12.3. The molecule has 0 saturated heterocycles. The highest BCUT2D eigenvalue weighted by Crippen LogP contribution is 2.22.